The minimum atomic E-state index is -0.166. The van der Waals surface area contributed by atoms with E-state index in [0.29, 0.717) is 17.1 Å². The molecule has 2 heterocycles. The Morgan fingerprint density at radius 3 is 2.60 bits per heavy atom. The maximum absolute atomic E-state index is 12.1. The van der Waals surface area contributed by atoms with E-state index >= 15 is 0 Å². The van der Waals surface area contributed by atoms with E-state index < -0.39 is 0 Å². The summed E-state index contributed by atoms with van der Waals surface area (Å²) in [5.74, 6) is 0.813. The number of aromatic nitrogens is 2. The second-order valence-electron chi connectivity index (χ2n) is 4.32. The van der Waals surface area contributed by atoms with Gasteiger partial charge < -0.3 is 9.84 Å². The van der Waals surface area contributed by atoms with Crippen molar-refractivity contribution in [2.75, 3.05) is 7.11 Å². The Bertz CT molecular complexity index is 823. The molecule has 0 aliphatic rings. The summed E-state index contributed by atoms with van der Waals surface area (Å²) >= 11 is 0. The number of ether oxygens (including phenoxy) is 1. The Balaban J connectivity index is 2.22. The zero-order chi connectivity index (χ0) is 14.1. The van der Waals surface area contributed by atoms with Crippen LogP contribution < -0.4 is 10.3 Å². The summed E-state index contributed by atoms with van der Waals surface area (Å²) in [6, 6.07) is 11.4. The van der Waals surface area contributed by atoms with Gasteiger partial charge in [-0.2, -0.15) is 0 Å². The van der Waals surface area contributed by atoms with Crippen molar-refractivity contribution in [3.05, 3.63) is 59.0 Å². The summed E-state index contributed by atoms with van der Waals surface area (Å²) < 4.78 is 6.59. The largest absolute Gasteiger partial charge is 0.508 e. The van der Waals surface area contributed by atoms with Gasteiger partial charge in [-0.25, -0.2) is 4.98 Å². The summed E-state index contributed by atoms with van der Waals surface area (Å²) in [7, 11) is 1.56. The van der Waals surface area contributed by atoms with Crippen LogP contribution in [0.25, 0.3) is 16.9 Å². The molecule has 100 valence electrons. The number of phenols is 1. The lowest BCUT2D eigenvalue weighted by Crippen LogP contribution is -2.14. The van der Waals surface area contributed by atoms with Crippen LogP contribution in [0.4, 0.5) is 0 Å². The molecule has 0 radical (unpaired) electrons. The van der Waals surface area contributed by atoms with Crippen molar-refractivity contribution in [2.45, 2.75) is 0 Å². The lowest BCUT2D eigenvalue weighted by Gasteiger charge is -2.06. The smallest absolute Gasteiger partial charge is 0.258 e. The quantitative estimate of drug-likeness (QED) is 0.772. The van der Waals surface area contributed by atoms with Crippen molar-refractivity contribution in [1.82, 2.24) is 9.38 Å². The number of methoxy groups -OCH3 is 1. The molecule has 2 aromatic heterocycles. The van der Waals surface area contributed by atoms with Crippen LogP contribution in [-0.2, 0) is 0 Å². The summed E-state index contributed by atoms with van der Waals surface area (Å²) in [4.78, 5) is 16.5. The Morgan fingerprint density at radius 1 is 1.15 bits per heavy atom. The molecule has 1 aromatic carbocycles. The van der Waals surface area contributed by atoms with Crippen LogP contribution in [0.2, 0.25) is 0 Å². The maximum Gasteiger partial charge on any atom is 0.258 e. The number of benzene rings is 1. The third-order valence-electron chi connectivity index (χ3n) is 3.04. The molecule has 5 nitrogen and oxygen atoms in total. The summed E-state index contributed by atoms with van der Waals surface area (Å²) in [6.07, 6.45) is 1.63. The molecule has 3 aromatic rings. The highest BCUT2D eigenvalue weighted by Crippen LogP contribution is 2.20. The zero-order valence-corrected chi connectivity index (χ0v) is 10.8. The Hall–Kier alpha value is -2.82. The van der Waals surface area contributed by atoms with E-state index in [1.165, 1.54) is 10.5 Å². The molecule has 0 amide bonds. The summed E-state index contributed by atoms with van der Waals surface area (Å²) in [5, 5.41) is 9.30. The maximum atomic E-state index is 12.1. The van der Waals surface area contributed by atoms with Crippen molar-refractivity contribution >= 4 is 5.65 Å². The van der Waals surface area contributed by atoms with Gasteiger partial charge in [0.2, 0.25) is 0 Å². The summed E-state index contributed by atoms with van der Waals surface area (Å²) in [5.41, 5.74) is 1.68. The normalized spacial score (nSPS) is 10.7. The van der Waals surface area contributed by atoms with Crippen LogP contribution in [0.5, 0.6) is 11.5 Å². The van der Waals surface area contributed by atoms with E-state index in [1.807, 2.05) is 0 Å². The van der Waals surface area contributed by atoms with Gasteiger partial charge in [0.15, 0.2) is 0 Å². The fourth-order valence-electron chi connectivity index (χ4n) is 1.99. The van der Waals surface area contributed by atoms with Gasteiger partial charge in [-0.05, 0) is 30.3 Å². The average Bonchev–Trinajstić information content (AvgIpc) is 2.47. The van der Waals surface area contributed by atoms with Crippen LogP contribution in [0, 0.1) is 0 Å². The third kappa shape index (κ3) is 2.09. The van der Waals surface area contributed by atoms with Crippen molar-refractivity contribution in [1.29, 1.82) is 0 Å². The molecule has 0 bridgehead atoms. The molecule has 0 atom stereocenters. The number of phenolic OH excluding ortho intramolecular Hbond substituents is 1. The molecule has 0 fully saturated rings. The first-order valence-corrected chi connectivity index (χ1v) is 6.04. The van der Waals surface area contributed by atoms with Crippen LogP contribution in [0.3, 0.4) is 0 Å². The fourth-order valence-corrected chi connectivity index (χ4v) is 1.99. The van der Waals surface area contributed by atoms with Crippen molar-refractivity contribution in [3.63, 3.8) is 0 Å². The number of fused-ring (bicyclic) bond motifs is 1. The molecule has 0 saturated heterocycles. The molecule has 1 N–H and O–H groups in total. The molecule has 3 rings (SSSR count). The SMILES string of the molecule is COc1ccn2c(=O)cc(-c3ccc(O)cc3)nc2c1. The highest BCUT2D eigenvalue weighted by molar-refractivity contribution is 5.62. The minimum Gasteiger partial charge on any atom is -0.508 e. The van der Waals surface area contributed by atoms with E-state index in [0.717, 1.165) is 5.56 Å². The molecule has 0 aliphatic carbocycles. The predicted octanol–water partition coefficient (Wildman–Crippen LogP) is 2.08. The first-order chi connectivity index (χ1) is 9.67. The number of nitrogens with zero attached hydrogens (tertiary/aromatic N) is 2. The van der Waals surface area contributed by atoms with Gasteiger partial charge in [0.25, 0.3) is 5.56 Å². The van der Waals surface area contributed by atoms with Crippen molar-refractivity contribution in [3.8, 4) is 22.8 Å². The second-order valence-corrected chi connectivity index (χ2v) is 4.32. The molecule has 0 aliphatic heterocycles. The summed E-state index contributed by atoms with van der Waals surface area (Å²) in [6.45, 7) is 0. The van der Waals surface area contributed by atoms with E-state index in [1.54, 1.807) is 49.7 Å². The van der Waals surface area contributed by atoms with Crippen LogP contribution >= 0.6 is 0 Å². The average molecular weight is 268 g/mol. The number of hydrogen-bond acceptors (Lipinski definition) is 4. The number of rotatable bonds is 2. The van der Waals surface area contributed by atoms with Crippen LogP contribution in [-0.4, -0.2) is 21.6 Å². The van der Waals surface area contributed by atoms with Gasteiger partial charge >= 0.3 is 0 Å². The topological polar surface area (TPSA) is 63.8 Å². The molecular formula is C15H12N2O3. The predicted molar refractivity (Wildman–Crippen MR) is 75.1 cm³/mol. The highest BCUT2D eigenvalue weighted by Gasteiger charge is 2.06. The standard InChI is InChI=1S/C15H12N2O3/c1-20-12-6-7-17-14(8-12)16-13(9-15(17)19)10-2-4-11(18)5-3-10/h2-9,18H,1H3. The Labute approximate surface area is 114 Å². The van der Waals surface area contributed by atoms with Crippen LogP contribution in [0.1, 0.15) is 0 Å². The molecule has 0 unspecified atom stereocenters. The van der Waals surface area contributed by atoms with Gasteiger partial charge in [0.1, 0.15) is 17.1 Å². The monoisotopic (exact) mass is 268 g/mol. The second kappa shape index (κ2) is 4.70. The molecule has 5 heteroatoms. The first kappa shape index (κ1) is 12.2. The van der Waals surface area contributed by atoms with Gasteiger partial charge in [-0.15, -0.1) is 0 Å². The lowest BCUT2D eigenvalue weighted by atomic mass is 10.1. The molecule has 0 saturated carbocycles. The van der Waals surface area contributed by atoms with Crippen LogP contribution in [0.15, 0.2) is 53.5 Å². The van der Waals surface area contributed by atoms with E-state index in [4.69, 9.17) is 4.74 Å². The number of aromatic hydroxyl groups is 1. The van der Waals surface area contributed by atoms with E-state index in [2.05, 4.69) is 4.98 Å². The van der Waals surface area contributed by atoms with Crippen molar-refractivity contribution < 1.29 is 9.84 Å². The van der Waals surface area contributed by atoms with Gasteiger partial charge in [-0.3, -0.25) is 9.20 Å². The molecular weight excluding hydrogens is 256 g/mol. The third-order valence-corrected chi connectivity index (χ3v) is 3.04. The lowest BCUT2D eigenvalue weighted by molar-refractivity contribution is 0.414. The molecule has 0 spiro atoms. The van der Waals surface area contributed by atoms with Gasteiger partial charge in [0, 0.05) is 23.9 Å². The Morgan fingerprint density at radius 2 is 1.90 bits per heavy atom. The van der Waals surface area contributed by atoms with Gasteiger partial charge in [0.05, 0.1) is 12.8 Å². The minimum absolute atomic E-state index is 0.166. The number of hydrogen-bond donors (Lipinski definition) is 1. The van der Waals surface area contributed by atoms with Crippen molar-refractivity contribution in [2.24, 2.45) is 0 Å². The van der Waals surface area contributed by atoms with Gasteiger partial charge in [-0.1, -0.05) is 0 Å². The number of pyridine rings is 1. The molecule has 20 heavy (non-hydrogen) atoms. The first-order valence-electron chi connectivity index (χ1n) is 6.04. The highest BCUT2D eigenvalue weighted by atomic mass is 16.5. The fraction of sp³-hybridized carbons (Fsp3) is 0.0667. The van der Waals surface area contributed by atoms with E-state index in [-0.39, 0.29) is 11.3 Å². The van der Waals surface area contributed by atoms with E-state index in [9.17, 15) is 9.90 Å². The Kier molecular flexibility index (Phi) is 2.87. The zero-order valence-electron chi connectivity index (χ0n) is 10.8.